The first-order valence-corrected chi connectivity index (χ1v) is 9.89. The molecule has 0 aromatic heterocycles. The molecule has 1 aromatic rings. The highest BCUT2D eigenvalue weighted by Crippen LogP contribution is 2.36. The summed E-state index contributed by atoms with van der Waals surface area (Å²) < 4.78 is 16.8. The van der Waals surface area contributed by atoms with Crippen LogP contribution >= 0.6 is 0 Å². The van der Waals surface area contributed by atoms with Gasteiger partial charge in [0.05, 0.1) is 31.3 Å². The van der Waals surface area contributed by atoms with E-state index in [4.69, 9.17) is 14.2 Å². The smallest absolute Gasteiger partial charge is 0.316 e. The summed E-state index contributed by atoms with van der Waals surface area (Å²) in [5.41, 5.74) is 0.569. The van der Waals surface area contributed by atoms with E-state index >= 15 is 0 Å². The maximum atomic E-state index is 12.8. The van der Waals surface area contributed by atoms with E-state index in [1.54, 1.807) is 0 Å². The topological polar surface area (TPSA) is 48.0 Å². The number of likely N-dealkylation sites (tertiary alicyclic amines) is 1. The van der Waals surface area contributed by atoms with Gasteiger partial charge in [0.25, 0.3) is 0 Å². The third-order valence-corrected chi connectivity index (χ3v) is 5.58. The molecule has 0 radical (unpaired) electrons. The lowest BCUT2D eigenvalue weighted by atomic mass is 9.72. The van der Waals surface area contributed by atoms with Gasteiger partial charge in [-0.3, -0.25) is 4.79 Å². The minimum atomic E-state index is -0.508. The van der Waals surface area contributed by atoms with Gasteiger partial charge in [0.1, 0.15) is 0 Å². The first-order valence-electron chi connectivity index (χ1n) is 9.89. The Morgan fingerprint density at radius 3 is 2.69 bits per heavy atom. The van der Waals surface area contributed by atoms with Gasteiger partial charge < -0.3 is 19.1 Å². The van der Waals surface area contributed by atoms with E-state index < -0.39 is 5.41 Å². The van der Waals surface area contributed by atoms with Crippen molar-refractivity contribution in [2.24, 2.45) is 0 Å². The van der Waals surface area contributed by atoms with Crippen LogP contribution in [0.1, 0.15) is 38.2 Å². The van der Waals surface area contributed by atoms with Gasteiger partial charge in [-0.1, -0.05) is 30.3 Å². The van der Waals surface area contributed by atoms with Crippen molar-refractivity contribution in [3.8, 4) is 0 Å². The summed E-state index contributed by atoms with van der Waals surface area (Å²) in [5, 5.41) is 0. The van der Waals surface area contributed by atoms with E-state index in [1.165, 1.54) is 0 Å². The number of nitrogens with zero attached hydrogens (tertiary/aromatic N) is 1. The van der Waals surface area contributed by atoms with Gasteiger partial charge in [-0.15, -0.1) is 0 Å². The van der Waals surface area contributed by atoms with Crippen molar-refractivity contribution in [3.63, 3.8) is 0 Å². The van der Waals surface area contributed by atoms with Gasteiger partial charge in [-0.25, -0.2) is 0 Å². The molecular formula is C21H31NO4. The highest BCUT2D eigenvalue weighted by atomic mass is 16.5. The molecule has 2 saturated heterocycles. The second-order valence-electron chi connectivity index (χ2n) is 7.22. The second kappa shape index (κ2) is 9.49. The molecule has 5 nitrogen and oxygen atoms in total. The fraction of sp³-hybridized carbons (Fsp3) is 0.667. The zero-order valence-corrected chi connectivity index (χ0v) is 15.8. The molecule has 1 atom stereocenters. The van der Waals surface area contributed by atoms with Gasteiger partial charge in [-0.2, -0.15) is 0 Å². The molecule has 2 aliphatic rings. The fourth-order valence-electron chi connectivity index (χ4n) is 3.98. The number of esters is 1. The number of hydrogen-bond acceptors (Lipinski definition) is 5. The lowest BCUT2D eigenvalue weighted by Gasteiger charge is -2.40. The zero-order valence-electron chi connectivity index (χ0n) is 15.8. The number of piperidine rings is 1. The highest BCUT2D eigenvalue weighted by molar-refractivity contribution is 5.83. The Morgan fingerprint density at radius 1 is 1.27 bits per heavy atom. The Bertz CT molecular complexity index is 548. The van der Waals surface area contributed by atoms with Gasteiger partial charge in [-0.05, 0) is 51.3 Å². The van der Waals surface area contributed by atoms with Crippen LogP contribution in [0.25, 0.3) is 0 Å². The molecule has 0 bridgehead atoms. The summed E-state index contributed by atoms with van der Waals surface area (Å²) in [6, 6.07) is 10.1. The lowest BCUT2D eigenvalue weighted by Crippen LogP contribution is -2.48. The molecule has 2 fully saturated rings. The van der Waals surface area contributed by atoms with Crippen molar-refractivity contribution in [1.29, 1.82) is 0 Å². The zero-order chi connectivity index (χ0) is 18.2. The van der Waals surface area contributed by atoms with Gasteiger partial charge in [0, 0.05) is 13.2 Å². The summed E-state index contributed by atoms with van der Waals surface area (Å²) in [7, 11) is 0. The van der Waals surface area contributed by atoms with Crippen LogP contribution in [0.2, 0.25) is 0 Å². The third-order valence-electron chi connectivity index (χ3n) is 5.58. The molecule has 0 amide bonds. The van der Waals surface area contributed by atoms with Crippen LogP contribution in [0.4, 0.5) is 0 Å². The summed E-state index contributed by atoms with van der Waals surface area (Å²) in [6.45, 7) is 7.26. The predicted octanol–water partition coefficient (Wildman–Crippen LogP) is 2.78. The van der Waals surface area contributed by atoms with Crippen molar-refractivity contribution in [3.05, 3.63) is 35.9 Å². The third kappa shape index (κ3) is 4.64. The molecule has 0 aliphatic carbocycles. The number of benzene rings is 1. The van der Waals surface area contributed by atoms with Gasteiger partial charge >= 0.3 is 5.97 Å². The number of carbonyl (C=O) groups is 1. The SMILES string of the molecule is CCOC(=O)C1(c2ccccc2)CCN(CCOC[C@H]2CCCO2)CC1. The van der Waals surface area contributed by atoms with Crippen LogP contribution in [0.15, 0.2) is 30.3 Å². The standard InChI is InChI=1S/C21H31NO4/c1-2-25-20(23)21(18-7-4-3-5-8-18)10-12-22(13-11-21)14-16-24-17-19-9-6-15-26-19/h3-5,7-8,19H,2,6,9-17H2,1H3/t19-/m1/s1. The van der Waals surface area contributed by atoms with Crippen LogP contribution in [-0.4, -0.2) is 63.0 Å². The fourth-order valence-corrected chi connectivity index (χ4v) is 3.98. The predicted molar refractivity (Wildman–Crippen MR) is 100 cm³/mol. The number of carbonyl (C=O) groups excluding carboxylic acids is 1. The Labute approximate surface area is 156 Å². The Hall–Kier alpha value is -1.43. The summed E-state index contributed by atoms with van der Waals surface area (Å²) >= 11 is 0. The van der Waals surface area contributed by atoms with E-state index in [0.717, 1.165) is 64.1 Å². The molecule has 0 spiro atoms. The van der Waals surface area contributed by atoms with E-state index in [9.17, 15) is 4.79 Å². The van der Waals surface area contributed by atoms with Crippen LogP contribution in [-0.2, 0) is 24.4 Å². The van der Waals surface area contributed by atoms with Gasteiger partial charge in [0.15, 0.2) is 0 Å². The Kier molecular flexibility index (Phi) is 7.06. The Balaban J connectivity index is 1.50. The van der Waals surface area contributed by atoms with Crippen molar-refractivity contribution >= 4 is 5.97 Å². The number of rotatable bonds is 8. The first kappa shape index (κ1) is 19.3. The Morgan fingerprint density at radius 2 is 2.04 bits per heavy atom. The minimum absolute atomic E-state index is 0.0829. The molecule has 144 valence electrons. The van der Waals surface area contributed by atoms with Gasteiger partial charge in [0.2, 0.25) is 0 Å². The van der Waals surface area contributed by atoms with Crippen molar-refractivity contribution in [1.82, 2.24) is 4.90 Å². The molecular weight excluding hydrogens is 330 g/mol. The lowest BCUT2D eigenvalue weighted by molar-refractivity contribution is -0.152. The summed E-state index contributed by atoms with van der Waals surface area (Å²) in [5.74, 6) is -0.0829. The van der Waals surface area contributed by atoms with E-state index in [0.29, 0.717) is 13.2 Å². The summed E-state index contributed by atoms with van der Waals surface area (Å²) in [6.07, 6.45) is 4.13. The molecule has 3 rings (SSSR count). The largest absolute Gasteiger partial charge is 0.465 e. The monoisotopic (exact) mass is 361 g/mol. The van der Waals surface area contributed by atoms with Crippen molar-refractivity contribution < 1.29 is 19.0 Å². The highest BCUT2D eigenvalue weighted by Gasteiger charge is 2.44. The maximum absolute atomic E-state index is 12.8. The van der Waals surface area contributed by atoms with Crippen LogP contribution in [0.5, 0.6) is 0 Å². The van der Waals surface area contributed by atoms with Crippen molar-refractivity contribution in [2.45, 2.75) is 44.1 Å². The minimum Gasteiger partial charge on any atom is -0.465 e. The average molecular weight is 361 g/mol. The first-order chi connectivity index (χ1) is 12.7. The van der Waals surface area contributed by atoms with Crippen LogP contribution in [0, 0.1) is 0 Å². The van der Waals surface area contributed by atoms with E-state index in [2.05, 4.69) is 17.0 Å². The van der Waals surface area contributed by atoms with E-state index in [1.807, 2.05) is 25.1 Å². The molecule has 0 unspecified atom stereocenters. The number of hydrogen-bond donors (Lipinski definition) is 0. The second-order valence-corrected chi connectivity index (χ2v) is 7.22. The molecule has 2 heterocycles. The number of ether oxygens (including phenoxy) is 3. The maximum Gasteiger partial charge on any atom is 0.316 e. The van der Waals surface area contributed by atoms with Crippen LogP contribution < -0.4 is 0 Å². The molecule has 0 N–H and O–H groups in total. The average Bonchev–Trinajstić information content (AvgIpc) is 3.20. The quantitative estimate of drug-likeness (QED) is 0.526. The van der Waals surface area contributed by atoms with E-state index in [-0.39, 0.29) is 12.1 Å². The molecule has 2 aliphatic heterocycles. The molecule has 5 heteroatoms. The van der Waals surface area contributed by atoms with Crippen molar-refractivity contribution in [2.75, 3.05) is 46.1 Å². The normalized spacial score (nSPS) is 23.0. The summed E-state index contributed by atoms with van der Waals surface area (Å²) in [4.78, 5) is 15.1. The molecule has 1 aromatic carbocycles. The molecule has 0 saturated carbocycles. The molecule has 26 heavy (non-hydrogen) atoms. The van der Waals surface area contributed by atoms with Crippen LogP contribution in [0.3, 0.4) is 0 Å².